The summed E-state index contributed by atoms with van der Waals surface area (Å²) in [5.41, 5.74) is 0.964. The van der Waals surface area contributed by atoms with Crippen molar-refractivity contribution in [3.05, 3.63) is 5.32 Å². The second kappa shape index (κ2) is 3.50. The molecule has 17 heavy (non-hydrogen) atoms. The summed E-state index contributed by atoms with van der Waals surface area (Å²) in [5.74, 6) is 4.87. The molecule has 0 N–H and O–H groups in total. The molecule has 0 heterocycles. The lowest BCUT2D eigenvalue weighted by atomic mass is 9.67. The van der Waals surface area contributed by atoms with E-state index in [0.717, 1.165) is 35.0 Å². The van der Waals surface area contributed by atoms with E-state index in [0.29, 0.717) is 0 Å². The molecule has 98 valence electrons. The third-order valence-electron chi connectivity index (χ3n) is 6.91. The lowest BCUT2D eigenvalue weighted by Crippen LogP contribution is -2.38. The summed E-state index contributed by atoms with van der Waals surface area (Å²) in [6, 6.07) is 0. The molecule has 0 aromatic heterocycles. The second-order valence-corrected chi connectivity index (χ2v) is 7.64. The maximum Gasteiger partial charge on any atom is -0.0204 e. The highest BCUT2D eigenvalue weighted by molar-refractivity contribution is 5.25. The summed E-state index contributed by atoms with van der Waals surface area (Å²) >= 11 is 0. The molecule has 0 radical (unpaired) electrons. The van der Waals surface area contributed by atoms with E-state index in [4.69, 9.17) is 5.32 Å². The predicted octanol–water partition coefficient (Wildman–Crippen LogP) is 4.48. The maximum absolute atomic E-state index is 4.70. The molecule has 6 atom stereocenters. The molecule has 1 nitrogen and oxygen atoms in total. The van der Waals surface area contributed by atoms with E-state index in [1.54, 1.807) is 0 Å². The second-order valence-electron chi connectivity index (χ2n) is 7.64. The molecule has 0 aromatic rings. The zero-order valence-electron chi connectivity index (χ0n) is 12.2. The largest absolute Gasteiger partial charge is 0.660 e. The highest BCUT2D eigenvalue weighted by Gasteiger charge is 2.74. The minimum atomic E-state index is 0.210. The average molecular weight is 234 g/mol. The SMILES string of the molecule is C[N-]C(C)(C)C1CCC(C)C23CCC(C)C2C13. The number of hydrogen-bond acceptors (Lipinski definition) is 0. The summed E-state index contributed by atoms with van der Waals surface area (Å²) < 4.78 is 0. The molecule has 3 aliphatic carbocycles. The van der Waals surface area contributed by atoms with Crippen LogP contribution in [0.5, 0.6) is 0 Å². The van der Waals surface area contributed by atoms with Crippen molar-refractivity contribution in [2.75, 3.05) is 7.05 Å². The van der Waals surface area contributed by atoms with Crippen molar-refractivity contribution < 1.29 is 0 Å². The van der Waals surface area contributed by atoms with Crippen LogP contribution in [0.4, 0.5) is 0 Å². The van der Waals surface area contributed by atoms with E-state index in [-0.39, 0.29) is 5.54 Å². The molecule has 3 fully saturated rings. The zero-order valence-corrected chi connectivity index (χ0v) is 12.2. The Morgan fingerprint density at radius 2 is 1.76 bits per heavy atom. The van der Waals surface area contributed by atoms with E-state index >= 15 is 0 Å². The number of rotatable bonds is 2. The van der Waals surface area contributed by atoms with Crippen LogP contribution in [-0.2, 0) is 0 Å². The van der Waals surface area contributed by atoms with Gasteiger partial charge in [0.05, 0.1) is 0 Å². The van der Waals surface area contributed by atoms with E-state index in [1.165, 1.54) is 25.7 Å². The Morgan fingerprint density at radius 1 is 1.06 bits per heavy atom. The van der Waals surface area contributed by atoms with Gasteiger partial charge in [-0.1, -0.05) is 40.0 Å². The lowest BCUT2D eigenvalue weighted by molar-refractivity contribution is 0.135. The Hall–Kier alpha value is -0.0400. The average Bonchev–Trinajstić information content (AvgIpc) is 2.86. The Bertz CT molecular complexity index is 321. The summed E-state index contributed by atoms with van der Waals surface area (Å²) in [5, 5.41) is 4.70. The van der Waals surface area contributed by atoms with Crippen molar-refractivity contribution in [3.8, 4) is 0 Å². The van der Waals surface area contributed by atoms with E-state index < -0.39 is 0 Å². The minimum absolute atomic E-state index is 0.210. The Kier molecular flexibility index (Phi) is 2.47. The highest BCUT2D eigenvalue weighted by Crippen LogP contribution is 2.80. The molecule has 0 aromatic carbocycles. The molecular weight excluding hydrogens is 206 g/mol. The third kappa shape index (κ3) is 1.35. The first kappa shape index (κ1) is 12.0. The van der Waals surface area contributed by atoms with Crippen molar-refractivity contribution >= 4 is 0 Å². The summed E-state index contributed by atoms with van der Waals surface area (Å²) in [6.45, 7) is 9.75. The van der Waals surface area contributed by atoms with Gasteiger partial charge in [0.15, 0.2) is 0 Å². The van der Waals surface area contributed by atoms with Gasteiger partial charge in [-0.3, -0.25) is 0 Å². The molecule has 1 spiro atoms. The van der Waals surface area contributed by atoms with Gasteiger partial charge in [-0.25, -0.2) is 0 Å². The first-order valence-electron chi connectivity index (χ1n) is 7.56. The van der Waals surface area contributed by atoms with Gasteiger partial charge < -0.3 is 5.32 Å². The maximum atomic E-state index is 4.70. The van der Waals surface area contributed by atoms with Crippen LogP contribution in [0.1, 0.15) is 53.4 Å². The smallest absolute Gasteiger partial charge is 0.0204 e. The van der Waals surface area contributed by atoms with Gasteiger partial charge in [0.25, 0.3) is 0 Å². The molecule has 3 saturated carbocycles. The fraction of sp³-hybridized carbons (Fsp3) is 1.00. The molecule has 0 saturated heterocycles. The minimum Gasteiger partial charge on any atom is -0.660 e. The molecule has 3 aliphatic rings. The molecule has 3 rings (SSSR count). The molecular formula is C16H28N-. The molecule has 0 aliphatic heterocycles. The van der Waals surface area contributed by atoms with Gasteiger partial charge in [-0.15, -0.1) is 5.54 Å². The van der Waals surface area contributed by atoms with Crippen molar-refractivity contribution in [1.29, 1.82) is 0 Å². The van der Waals surface area contributed by atoms with E-state index in [2.05, 4.69) is 27.7 Å². The normalized spacial score (nSPS) is 53.1. The van der Waals surface area contributed by atoms with Crippen LogP contribution in [0, 0.1) is 35.0 Å². The highest BCUT2D eigenvalue weighted by atomic mass is 15.0. The third-order valence-corrected chi connectivity index (χ3v) is 6.91. The van der Waals surface area contributed by atoms with Crippen LogP contribution in [0.2, 0.25) is 0 Å². The van der Waals surface area contributed by atoms with Crippen molar-refractivity contribution in [3.63, 3.8) is 0 Å². The van der Waals surface area contributed by atoms with Gasteiger partial charge in [-0.05, 0) is 48.3 Å². The predicted molar refractivity (Wildman–Crippen MR) is 73.1 cm³/mol. The van der Waals surface area contributed by atoms with Crippen LogP contribution < -0.4 is 0 Å². The molecule has 0 bridgehead atoms. The Balaban J connectivity index is 1.89. The standard InChI is InChI=1S/C16H28N/c1-10-8-9-16-11(2)6-7-12(14(16)13(10)16)15(3,4)17-5/h10-14H,6-9H2,1-5H3/q-1. The topological polar surface area (TPSA) is 14.1 Å². The van der Waals surface area contributed by atoms with Gasteiger partial charge in [0.1, 0.15) is 0 Å². The van der Waals surface area contributed by atoms with Crippen LogP contribution >= 0.6 is 0 Å². The van der Waals surface area contributed by atoms with Gasteiger partial charge in [-0.2, -0.15) is 7.05 Å². The Labute approximate surface area is 107 Å². The summed E-state index contributed by atoms with van der Waals surface area (Å²) in [7, 11) is 2.02. The van der Waals surface area contributed by atoms with Crippen molar-refractivity contribution in [2.45, 2.75) is 58.9 Å². The lowest BCUT2D eigenvalue weighted by Gasteiger charge is -2.50. The molecule has 1 heteroatoms. The number of nitrogens with zero attached hydrogens (tertiary/aromatic N) is 1. The fourth-order valence-corrected chi connectivity index (χ4v) is 5.76. The number of fused-ring (bicyclic) bond motifs is 1. The van der Waals surface area contributed by atoms with Crippen molar-refractivity contribution in [2.24, 2.45) is 35.0 Å². The zero-order chi connectivity index (χ0) is 12.4. The summed E-state index contributed by atoms with van der Waals surface area (Å²) in [6.07, 6.45) is 5.87. The molecule has 0 amide bonds. The van der Waals surface area contributed by atoms with Crippen LogP contribution in [0.15, 0.2) is 0 Å². The van der Waals surface area contributed by atoms with E-state index in [1.807, 2.05) is 7.05 Å². The summed E-state index contributed by atoms with van der Waals surface area (Å²) in [4.78, 5) is 0. The van der Waals surface area contributed by atoms with Crippen LogP contribution in [0.25, 0.3) is 5.32 Å². The van der Waals surface area contributed by atoms with Crippen LogP contribution in [0.3, 0.4) is 0 Å². The van der Waals surface area contributed by atoms with Gasteiger partial charge >= 0.3 is 0 Å². The van der Waals surface area contributed by atoms with Crippen LogP contribution in [-0.4, -0.2) is 12.6 Å². The fourth-order valence-electron chi connectivity index (χ4n) is 5.76. The van der Waals surface area contributed by atoms with Crippen molar-refractivity contribution in [1.82, 2.24) is 0 Å². The number of hydrogen-bond donors (Lipinski definition) is 0. The monoisotopic (exact) mass is 234 g/mol. The first-order chi connectivity index (χ1) is 7.95. The van der Waals surface area contributed by atoms with Gasteiger partial charge in [0, 0.05) is 0 Å². The molecule has 6 unspecified atom stereocenters. The Morgan fingerprint density at radius 3 is 2.41 bits per heavy atom. The quantitative estimate of drug-likeness (QED) is 0.669. The van der Waals surface area contributed by atoms with E-state index in [9.17, 15) is 0 Å². The van der Waals surface area contributed by atoms with Gasteiger partial charge in [0.2, 0.25) is 0 Å². The first-order valence-corrected chi connectivity index (χ1v) is 7.56.